The first-order valence-corrected chi connectivity index (χ1v) is 11.4. The van der Waals surface area contributed by atoms with Crippen LogP contribution in [0.2, 0.25) is 0 Å². The van der Waals surface area contributed by atoms with Crippen molar-refractivity contribution in [1.82, 2.24) is 24.8 Å². The Bertz CT molecular complexity index is 1300. The van der Waals surface area contributed by atoms with E-state index in [9.17, 15) is 19.6 Å². The monoisotopic (exact) mass is 490 g/mol. The second-order valence-electron chi connectivity index (χ2n) is 8.51. The van der Waals surface area contributed by atoms with E-state index in [1.54, 1.807) is 47.8 Å². The summed E-state index contributed by atoms with van der Waals surface area (Å²) >= 11 is 0. The van der Waals surface area contributed by atoms with Crippen LogP contribution in [0, 0.1) is 11.3 Å². The first-order chi connectivity index (χ1) is 17.5. The molecule has 2 N–H and O–H groups in total. The second kappa shape index (κ2) is 10.1. The molecule has 12 heteroatoms. The number of aliphatic hydroxyl groups is 1. The first kappa shape index (κ1) is 23.4. The summed E-state index contributed by atoms with van der Waals surface area (Å²) < 4.78 is 18.6. The zero-order valence-electron chi connectivity index (χ0n) is 19.2. The highest BCUT2D eigenvalue weighted by atomic mass is 19.1. The molecule has 11 nitrogen and oxygen atoms in total. The molecule has 5 heterocycles. The van der Waals surface area contributed by atoms with E-state index in [-0.39, 0.29) is 32.3 Å². The third-order valence-corrected chi connectivity index (χ3v) is 6.07. The fourth-order valence-electron chi connectivity index (χ4n) is 4.15. The summed E-state index contributed by atoms with van der Waals surface area (Å²) in [6.45, 7) is 0.973. The fraction of sp³-hybridized carbons (Fsp3) is 0.333. The van der Waals surface area contributed by atoms with E-state index < -0.39 is 12.3 Å². The van der Waals surface area contributed by atoms with Crippen LogP contribution in [0.15, 0.2) is 42.9 Å². The largest absolute Gasteiger partial charge is 0.447 e. The van der Waals surface area contributed by atoms with Gasteiger partial charge in [0.15, 0.2) is 0 Å². The Morgan fingerprint density at radius 1 is 1.25 bits per heavy atom. The summed E-state index contributed by atoms with van der Waals surface area (Å²) in [5.74, 6) is 0.806. The van der Waals surface area contributed by atoms with E-state index in [1.807, 2.05) is 0 Å². The Morgan fingerprint density at radius 2 is 2.14 bits per heavy atom. The molecular weight excluding hydrogens is 467 g/mol. The molecule has 2 fully saturated rings. The molecule has 2 aliphatic rings. The zero-order chi connectivity index (χ0) is 25.1. The molecule has 2 atom stereocenters. The number of carbonyl (C=O) groups is 1. The van der Waals surface area contributed by atoms with Crippen LogP contribution in [-0.4, -0.2) is 74.6 Å². The van der Waals surface area contributed by atoms with Crippen molar-refractivity contribution >= 4 is 23.5 Å². The number of cyclic esters (lactones) is 1. The fourth-order valence-corrected chi connectivity index (χ4v) is 4.15. The molecule has 3 aromatic rings. The summed E-state index contributed by atoms with van der Waals surface area (Å²) in [5, 5.41) is 22.1. The molecule has 0 bridgehead atoms. The van der Waals surface area contributed by atoms with Gasteiger partial charge in [-0.3, -0.25) is 9.88 Å². The highest BCUT2D eigenvalue weighted by molar-refractivity contribution is 5.70. The van der Waals surface area contributed by atoms with E-state index in [1.165, 1.54) is 4.90 Å². The van der Waals surface area contributed by atoms with Gasteiger partial charge in [0.25, 0.3) is 0 Å². The minimum absolute atomic E-state index is 0.160. The number of carbonyl (C=O) groups excluding carboxylic acids is 1. The van der Waals surface area contributed by atoms with Crippen LogP contribution in [0.5, 0.6) is 0 Å². The summed E-state index contributed by atoms with van der Waals surface area (Å²) in [7, 11) is 0. The average Bonchev–Trinajstić information content (AvgIpc) is 3.50. The molecule has 184 valence electrons. The van der Waals surface area contributed by atoms with Crippen molar-refractivity contribution in [3.63, 3.8) is 0 Å². The van der Waals surface area contributed by atoms with Gasteiger partial charge in [-0.15, -0.1) is 0 Å². The molecule has 2 aliphatic heterocycles. The van der Waals surface area contributed by atoms with Crippen LogP contribution in [-0.2, 0) is 11.3 Å². The van der Waals surface area contributed by atoms with Crippen molar-refractivity contribution < 1.29 is 19.0 Å². The maximum Gasteiger partial charge on any atom is 0.410 e. The van der Waals surface area contributed by atoms with Gasteiger partial charge in [0.2, 0.25) is 5.95 Å². The predicted molar refractivity (Wildman–Crippen MR) is 127 cm³/mol. The van der Waals surface area contributed by atoms with Crippen LogP contribution in [0.1, 0.15) is 17.7 Å². The van der Waals surface area contributed by atoms with Gasteiger partial charge in [-0.05, 0) is 30.7 Å². The molecule has 1 unspecified atom stereocenters. The number of aliphatic hydroxyl groups excluding tert-OH is 1. The topological polar surface area (TPSA) is 140 Å². The number of amides is 1. The number of nitrogens with zero attached hydrogens (tertiary/aromatic N) is 7. The number of anilines is 3. The number of rotatable bonds is 7. The lowest BCUT2D eigenvalue weighted by Crippen LogP contribution is -2.35. The van der Waals surface area contributed by atoms with Gasteiger partial charge in [0, 0.05) is 24.5 Å². The van der Waals surface area contributed by atoms with Gasteiger partial charge in [0.05, 0.1) is 54.6 Å². The highest BCUT2D eigenvalue weighted by Crippen LogP contribution is 2.27. The maximum atomic E-state index is 13.6. The van der Waals surface area contributed by atoms with Crippen LogP contribution >= 0.6 is 0 Å². The molecule has 3 aromatic heterocycles. The van der Waals surface area contributed by atoms with E-state index in [2.05, 4.69) is 31.3 Å². The van der Waals surface area contributed by atoms with Crippen molar-refractivity contribution in [2.24, 2.45) is 0 Å². The normalized spacial score (nSPS) is 19.3. The molecule has 36 heavy (non-hydrogen) atoms. The minimum Gasteiger partial charge on any atom is -0.447 e. The number of hydrogen-bond donors (Lipinski definition) is 2. The number of pyridine rings is 2. The third kappa shape index (κ3) is 4.87. The number of nitriles is 1. The second-order valence-corrected chi connectivity index (χ2v) is 8.51. The smallest absolute Gasteiger partial charge is 0.410 e. The summed E-state index contributed by atoms with van der Waals surface area (Å²) in [4.78, 5) is 32.6. The minimum atomic E-state index is -0.911. The number of alkyl halides is 1. The Kier molecular flexibility index (Phi) is 6.55. The lowest BCUT2D eigenvalue weighted by molar-refractivity contribution is 0.150. The van der Waals surface area contributed by atoms with Gasteiger partial charge in [-0.1, -0.05) is 0 Å². The molecule has 0 aromatic carbocycles. The van der Waals surface area contributed by atoms with Crippen molar-refractivity contribution in [3.8, 4) is 17.3 Å². The summed E-state index contributed by atoms with van der Waals surface area (Å²) in [5.41, 5.74) is 2.85. The first-order valence-electron chi connectivity index (χ1n) is 11.4. The number of ether oxygens (including phenoxy) is 1. The summed E-state index contributed by atoms with van der Waals surface area (Å²) in [6, 6.07) is 8.72. The average molecular weight is 490 g/mol. The van der Waals surface area contributed by atoms with Crippen LogP contribution in [0.25, 0.3) is 11.3 Å². The van der Waals surface area contributed by atoms with Crippen molar-refractivity contribution in [1.29, 1.82) is 5.26 Å². The van der Waals surface area contributed by atoms with Crippen LogP contribution < -0.4 is 10.2 Å². The molecular formula is C24H23FN8O3. The van der Waals surface area contributed by atoms with Crippen molar-refractivity contribution in [2.75, 3.05) is 36.5 Å². The highest BCUT2D eigenvalue weighted by Gasteiger charge is 2.32. The Labute approximate surface area is 206 Å². The van der Waals surface area contributed by atoms with Gasteiger partial charge in [-0.2, -0.15) is 5.26 Å². The zero-order valence-corrected chi connectivity index (χ0v) is 19.2. The SMILES string of the molecule is N#Cc1cc(-c2ccnc(Nc3ccc(CN4C(=O)OCC4CO)nc3)n2)cnc1N1CC[C@H](F)C1. The van der Waals surface area contributed by atoms with Gasteiger partial charge in [0.1, 0.15) is 24.7 Å². The van der Waals surface area contributed by atoms with E-state index in [4.69, 9.17) is 4.74 Å². The van der Waals surface area contributed by atoms with E-state index >= 15 is 0 Å². The number of nitrogens with one attached hydrogen (secondary N) is 1. The molecule has 2 saturated heterocycles. The quantitative estimate of drug-likeness (QED) is 0.507. The van der Waals surface area contributed by atoms with E-state index in [0.717, 1.165) is 0 Å². The van der Waals surface area contributed by atoms with Gasteiger partial charge >= 0.3 is 6.09 Å². The van der Waals surface area contributed by atoms with Gasteiger partial charge in [-0.25, -0.2) is 24.1 Å². The van der Waals surface area contributed by atoms with Gasteiger partial charge < -0.3 is 20.1 Å². The predicted octanol–water partition coefficient (Wildman–Crippen LogP) is 2.41. The molecule has 0 aliphatic carbocycles. The number of hydrogen-bond acceptors (Lipinski definition) is 10. The summed E-state index contributed by atoms with van der Waals surface area (Å²) in [6.07, 6.45) is 3.85. The van der Waals surface area contributed by atoms with Crippen LogP contribution in [0.3, 0.4) is 0 Å². The molecule has 0 spiro atoms. The Balaban J connectivity index is 1.29. The van der Waals surface area contributed by atoms with Crippen LogP contribution in [0.4, 0.5) is 26.6 Å². The molecule has 0 saturated carbocycles. The lowest BCUT2D eigenvalue weighted by atomic mass is 10.1. The molecule has 0 radical (unpaired) electrons. The van der Waals surface area contributed by atoms with E-state index in [0.29, 0.717) is 52.9 Å². The van der Waals surface area contributed by atoms with Crippen molar-refractivity contribution in [3.05, 3.63) is 54.1 Å². The molecule has 5 rings (SSSR count). The maximum absolute atomic E-state index is 13.6. The Hall–Kier alpha value is -4.37. The van der Waals surface area contributed by atoms with Crippen molar-refractivity contribution in [2.45, 2.75) is 25.2 Å². The third-order valence-electron chi connectivity index (χ3n) is 6.07. The number of halogens is 1. The number of aromatic nitrogens is 4. The standard InChI is InChI=1S/C24H23FN8O3/c25-17-4-6-32(11-17)22-15(8-26)7-16(9-29-22)21-3-5-27-23(31-21)30-18-1-2-19(28-10-18)12-33-20(13-34)14-36-24(33)35/h1-3,5,7,9-10,17,20,34H,4,6,11-14H2,(H,27,30,31)/t17-,20?/m0/s1. The Morgan fingerprint density at radius 3 is 2.86 bits per heavy atom. The molecule has 1 amide bonds. The lowest BCUT2D eigenvalue weighted by Gasteiger charge is -2.19.